The second-order valence-corrected chi connectivity index (χ2v) is 7.22. The van der Waals surface area contributed by atoms with Crippen LogP contribution in [0.1, 0.15) is 55.4 Å². The summed E-state index contributed by atoms with van der Waals surface area (Å²) in [6, 6.07) is 8.51. The highest BCUT2D eigenvalue weighted by atomic mass is 16.4. The number of rotatable bonds is 5. The molecule has 0 bridgehead atoms. The van der Waals surface area contributed by atoms with Crippen molar-refractivity contribution in [1.82, 2.24) is 15.1 Å². The fraction of sp³-hybridized carbons (Fsp3) is 0.421. The highest BCUT2D eigenvalue weighted by molar-refractivity contribution is 5.95. The van der Waals surface area contributed by atoms with Crippen LogP contribution in [0.5, 0.6) is 0 Å². The van der Waals surface area contributed by atoms with E-state index in [1.807, 2.05) is 58.0 Å². The maximum Gasteiger partial charge on any atom is 0.308 e. The van der Waals surface area contributed by atoms with E-state index >= 15 is 0 Å². The number of carboxylic acid groups (broad SMARTS) is 1. The van der Waals surface area contributed by atoms with Crippen molar-refractivity contribution in [2.45, 2.75) is 46.2 Å². The number of aromatic nitrogens is 2. The summed E-state index contributed by atoms with van der Waals surface area (Å²) >= 11 is 0. The number of nitrogens with one attached hydrogen (secondary N) is 1. The Hall–Kier alpha value is -2.63. The topological polar surface area (TPSA) is 84.2 Å². The number of carbonyl (C=O) groups excluding carboxylic acids is 1. The van der Waals surface area contributed by atoms with Gasteiger partial charge in [-0.15, -0.1) is 0 Å². The molecule has 2 N–H and O–H groups in total. The summed E-state index contributed by atoms with van der Waals surface area (Å²) in [6.45, 7) is 9.45. The van der Waals surface area contributed by atoms with E-state index in [2.05, 4.69) is 10.4 Å². The van der Waals surface area contributed by atoms with Crippen molar-refractivity contribution >= 4 is 11.9 Å². The summed E-state index contributed by atoms with van der Waals surface area (Å²) < 4.78 is 1.79. The molecule has 2 unspecified atom stereocenters. The number of hydrogen-bond acceptors (Lipinski definition) is 3. The molecule has 0 radical (unpaired) electrons. The predicted molar refractivity (Wildman–Crippen MR) is 95.4 cm³/mol. The van der Waals surface area contributed by atoms with Crippen molar-refractivity contribution in [3.63, 3.8) is 0 Å². The Kier molecular flexibility index (Phi) is 5.30. The van der Waals surface area contributed by atoms with Gasteiger partial charge >= 0.3 is 5.97 Å². The van der Waals surface area contributed by atoms with E-state index in [4.69, 9.17) is 0 Å². The van der Waals surface area contributed by atoms with Crippen LogP contribution in [-0.2, 0) is 10.3 Å². The molecule has 0 saturated carbocycles. The molecule has 2 aromatic rings. The van der Waals surface area contributed by atoms with Crippen LogP contribution in [0.3, 0.4) is 0 Å². The summed E-state index contributed by atoms with van der Waals surface area (Å²) in [4.78, 5) is 24.2. The number of benzene rings is 1. The molecule has 2 atom stereocenters. The largest absolute Gasteiger partial charge is 0.481 e. The third kappa shape index (κ3) is 4.07. The second-order valence-electron chi connectivity index (χ2n) is 7.22. The molecule has 0 fully saturated rings. The van der Waals surface area contributed by atoms with E-state index in [0.29, 0.717) is 5.56 Å². The van der Waals surface area contributed by atoms with E-state index in [0.717, 1.165) is 11.3 Å². The number of carbonyl (C=O) groups is 2. The first-order chi connectivity index (χ1) is 11.6. The lowest BCUT2D eigenvalue weighted by Gasteiger charge is -2.24. The molecule has 1 aromatic heterocycles. The molecule has 6 nitrogen and oxygen atoms in total. The van der Waals surface area contributed by atoms with Gasteiger partial charge in [0.25, 0.3) is 5.91 Å². The fourth-order valence-corrected chi connectivity index (χ4v) is 2.83. The zero-order valence-electron chi connectivity index (χ0n) is 15.3. The van der Waals surface area contributed by atoms with Gasteiger partial charge in [-0.1, -0.05) is 30.3 Å². The molecule has 2 rings (SSSR count). The van der Waals surface area contributed by atoms with Gasteiger partial charge in [0.1, 0.15) is 0 Å². The molecular weight excluding hydrogens is 318 g/mol. The van der Waals surface area contributed by atoms with Gasteiger partial charge in [0, 0.05) is 5.69 Å². The van der Waals surface area contributed by atoms with Gasteiger partial charge in [-0.25, -0.2) is 0 Å². The minimum Gasteiger partial charge on any atom is -0.481 e. The lowest BCUT2D eigenvalue weighted by atomic mass is 9.94. The Morgan fingerprint density at radius 1 is 1.20 bits per heavy atom. The summed E-state index contributed by atoms with van der Waals surface area (Å²) in [6.07, 6.45) is 1.53. The average molecular weight is 343 g/mol. The van der Waals surface area contributed by atoms with Gasteiger partial charge in [0.2, 0.25) is 0 Å². The van der Waals surface area contributed by atoms with Crippen LogP contribution < -0.4 is 5.32 Å². The maximum absolute atomic E-state index is 12.8. The maximum atomic E-state index is 12.8. The van der Waals surface area contributed by atoms with E-state index in [1.54, 1.807) is 11.6 Å². The number of amides is 1. The number of hydrogen-bond donors (Lipinski definition) is 2. The van der Waals surface area contributed by atoms with Crippen LogP contribution in [0.25, 0.3) is 0 Å². The van der Waals surface area contributed by atoms with Crippen molar-refractivity contribution in [3.8, 4) is 0 Å². The summed E-state index contributed by atoms with van der Waals surface area (Å²) in [7, 11) is 0. The fourth-order valence-electron chi connectivity index (χ4n) is 2.83. The third-order valence-corrected chi connectivity index (χ3v) is 4.22. The number of aliphatic carboxylic acids is 1. The monoisotopic (exact) mass is 343 g/mol. The lowest BCUT2D eigenvalue weighted by Crippen LogP contribution is -2.36. The molecule has 1 heterocycles. The lowest BCUT2D eigenvalue weighted by molar-refractivity contribution is -0.142. The number of nitrogens with zero attached hydrogens (tertiary/aromatic N) is 2. The average Bonchev–Trinajstić information content (AvgIpc) is 2.94. The smallest absolute Gasteiger partial charge is 0.308 e. The Labute approximate surface area is 147 Å². The quantitative estimate of drug-likeness (QED) is 0.873. The molecule has 0 aliphatic rings. The SMILES string of the molecule is Cc1c(C(=O)NC(c2ccccc2)C(C)C(=O)O)cnn1C(C)(C)C. The van der Waals surface area contributed by atoms with E-state index in [1.165, 1.54) is 6.20 Å². The van der Waals surface area contributed by atoms with Gasteiger partial charge in [-0.3, -0.25) is 14.3 Å². The van der Waals surface area contributed by atoms with Crippen LogP contribution in [-0.4, -0.2) is 26.8 Å². The predicted octanol–water partition coefficient (Wildman–Crippen LogP) is 3.14. The molecular formula is C19H25N3O3. The van der Waals surface area contributed by atoms with Crippen molar-refractivity contribution in [2.75, 3.05) is 0 Å². The van der Waals surface area contributed by atoms with Gasteiger partial charge in [-0.05, 0) is 40.2 Å². The van der Waals surface area contributed by atoms with Crippen LogP contribution in [0, 0.1) is 12.8 Å². The van der Waals surface area contributed by atoms with Crippen molar-refractivity contribution in [3.05, 3.63) is 53.3 Å². The Morgan fingerprint density at radius 3 is 2.28 bits per heavy atom. The molecule has 25 heavy (non-hydrogen) atoms. The first-order valence-corrected chi connectivity index (χ1v) is 8.26. The highest BCUT2D eigenvalue weighted by Gasteiger charge is 2.29. The summed E-state index contributed by atoms with van der Waals surface area (Å²) in [5.74, 6) is -2.05. The first-order valence-electron chi connectivity index (χ1n) is 8.26. The van der Waals surface area contributed by atoms with Crippen LogP contribution >= 0.6 is 0 Å². The standard InChI is InChI=1S/C19H25N3O3/c1-12(18(24)25)16(14-9-7-6-8-10-14)21-17(23)15-11-20-22(13(15)2)19(3,4)5/h6-12,16H,1-5H3,(H,21,23)(H,24,25). The van der Waals surface area contributed by atoms with E-state index in [-0.39, 0.29) is 11.4 Å². The zero-order chi connectivity index (χ0) is 18.8. The Morgan fingerprint density at radius 2 is 1.80 bits per heavy atom. The summed E-state index contributed by atoms with van der Waals surface area (Å²) in [5, 5.41) is 16.6. The van der Waals surface area contributed by atoms with Gasteiger partial charge < -0.3 is 10.4 Å². The van der Waals surface area contributed by atoms with Crippen LogP contribution in [0.15, 0.2) is 36.5 Å². The molecule has 134 valence electrons. The van der Waals surface area contributed by atoms with Crippen molar-refractivity contribution < 1.29 is 14.7 Å². The second kappa shape index (κ2) is 7.09. The molecule has 0 aliphatic carbocycles. The van der Waals surface area contributed by atoms with E-state index in [9.17, 15) is 14.7 Å². The molecule has 0 saturated heterocycles. The molecule has 1 aromatic carbocycles. The van der Waals surface area contributed by atoms with Gasteiger partial charge in [-0.2, -0.15) is 5.10 Å². The highest BCUT2D eigenvalue weighted by Crippen LogP contribution is 2.24. The van der Waals surface area contributed by atoms with Gasteiger partial charge in [0.05, 0.1) is 29.3 Å². The minimum atomic E-state index is -0.962. The normalized spacial score (nSPS) is 14.0. The zero-order valence-corrected chi connectivity index (χ0v) is 15.3. The molecule has 0 aliphatic heterocycles. The third-order valence-electron chi connectivity index (χ3n) is 4.22. The van der Waals surface area contributed by atoms with Gasteiger partial charge in [0.15, 0.2) is 0 Å². The minimum absolute atomic E-state index is 0.240. The summed E-state index contributed by atoms with van der Waals surface area (Å²) in [5.41, 5.74) is 1.72. The molecule has 0 spiro atoms. The molecule has 6 heteroatoms. The van der Waals surface area contributed by atoms with Crippen LogP contribution in [0.2, 0.25) is 0 Å². The number of carboxylic acids is 1. The first kappa shape index (κ1) is 18.7. The Bertz CT molecular complexity index is 760. The van der Waals surface area contributed by atoms with E-state index < -0.39 is 17.9 Å². The van der Waals surface area contributed by atoms with Crippen LogP contribution in [0.4, 0.5) is 0 Å². The molecule has 1 amide bonds. The van der Waals surface area contributed by atoms with Crippen molar-refractivity contribution in [2.24, 2.45) is 5.92 Å². The van der Waals surface area contributed by atoms with Crippen molar-refractivity contribution in [1.29, 1.82) is 0 Å². The Balaban J connectivity index is 2.32.